The molecule has 3 N–H and O–H groups in total. The van der Waals surface area contributed by atoms with Gasteiger partial charge in [0.15, 0.2) is 0 Å². The van der Waals surface area contributed by atoms with Crippen LogP contribution >= 0.6 is 11.6 Å². The fourth-order valence-electron chi connectivity index (χ4n) is 2.84. The second kappa shape index (κ2) is 11.2. The van der Waals surface area contributed by atoms with Crippen molar-refractivity contribution in [2.45, 2.75) is 6.42 Å². The summed E-state index contributed by atoms with van der Waals surface area (Å²) in [5, 5.41) is 14.8. The molecule has 0 bridgehead atoms. The molecule has 0 unspecified atom stereocenters. The van der Waals surface area contributed by atoms with E-state index in [2.05, 4.69) is 10.6 Å². The third kappa shape index (κ3) is 6.23. The number of carbonyl (C=O) groups excluding carboxylic acids is 2. The Morgan fingerprint density at radius 2 is 1.91 bits per heavy atom. The molecule has 3 rings (SSSR count). The Bertz CT molecular complexity index is 1110. The van der Waals surface area contributed by atoms with Gasteiger partial charge in [0.05, 0.1) is 7.11 Å². The van der Waals surface area contributed by atoms with Gasteiger partial charge in [0.25, 0.3) is 11.8 Å². The molecule has 3 aromatic rings. The molecule has 0 aliphatic carbocycles. The van der Waals surface area contributed by atoms with Crippen molar-refractivity contribution in [2.24, 2.45) is 0 Å². The molecule has 32 heavy (non-hydrogen) atoms. The van der Waals surface area contributed by atoms with E-state index in [0.29, 0.717) is 34.3 Å². The Morgan fingerprint density at radius 3 is 2.59 bits per heavy atom. The molecule has 0 radical (unpaired) electrons. The maximum atomic E-state index is 12.7. The topological polar surface area (TPSA) is 101 Å². The van der Waals surface area contributed by atoms with E-state index in [4.69, 9.17) is 25.9 Å². The molecule has 0 fully saturated rings. The van der Waals surface area contributed by atoms with Crippen LogP contribution in [-0.2, 0) is 4.79 Å². The lowest BCUT2D eigenvalue weighted by Crippen LogP contribution is -2.35. The van der Waals surface area contributed by atoms with Crippen LogP contribution in [0.4, 0.5) is 0 Å². The molecule has 0 saturated carbocycles. The number of hydrogen-bond acceptors (Lipinski definition) is 5. The lowest BCUT2D eigenvalue weighted by Gasteiger charge is -2.11. The molecule has 0 atom stereocenters. The maximum Gasteiger partial charge on any atom is 0.267 e. The van der Waals surface area contributed by atoms with E-state index in [-0.39, 0.29) is 18.8 Å². The number of aliphatic hydroxyl groups excluding tert-OH is 1. The van der Waals surface area contributed by atoms with Gasteiger partial charge >= 0.3 is 0 Å². The zero-order valence-corrected chi connectivity index (χ0v) is 18.2. The zero-order chi connectivity index (χ0) is 22.9. The normalized spacial score (nSPS) is 11.2. The van der Waals surface area contributed by atoms with E-state index in [1.54, 1.807) is 48.5 Å². The Hall–Kier alpha value is -3.55. The molecule has 2 amide bonds. The highest BCUT2D eigenvalue weighted by atomic mass is 35.5. The highest BCUT2D eigenvalue weighted by molar-refractivity contribution is 6.30. The fourth-order valence-corrected chi connectivity index (χ4v) is 3.03. The van der Waals surface area contributed by atoms with Crippen LogP contribution in [0.15, 0.2) is 70.8 Å². The zero-order valence-electron chi connectivity index (χ0n) is 17.4. The van der Waals surface area contributed by atoms with Gasteiger partial charge in [-0.25, -0.2) is 0 Å². The number of benzene rings is 2. The van der Waals surface area contributed by atoms with Crippen LogP contribution in [-0.4, -0.2) is 37.2 Å². The number of amides is 2. The van der Waals surface area contributed by atoms with Crippen molar-refractivity contribution in [1.29, 1.82) is 0 Å². The number of nitrogens with one attached hydrogen (secondary N) is 2. The Balaban J connectivity index is 1.84. The van der Waals surface area contributed by atoms with E-state index in [9.17, 15) is 9.59 Å². The number of hydrogen-bond donors (Lipinski definition) is 3. The quantitative estimate of drug-likeness (QED) is 0.336. The van der Waals surface area contributed by atoms with Crippen molar-refractivity contribution < 1.29 is 23.8 Å². The second-order valence-corrected chi connectivity index (χ2v) is 7.22. The van der Waals surface area contributed by atoms with Crippen LogP contribution in [0, 0.1) is 0 Å². The highest BCUT2D eigenvalue weighted by Gasteiger charge is 2.16. The summed E-state index contributed by atoms with van der Waals surface area (Å²) in [6.07, 6.45) is 1.84. The third-order valence-electron chi connectivity index (χ3n) is 4.49. The molecule has 0 saturated heterocycles. The minimum Gasteiger partial charge on any atom is -0.497 e. The van der Waals surface area contributed by atoms with E-state index in [1.165, 1.54) is 13.2 Å². The third-order valence-corrected chi connectivity index (χ3v) is 4.72. The van der Waals surface area contributed by atoms with Crippen LogP contribution in [0.2, 0.25) is 5.02 Å². The lowest BCUT2D eigenvalue weighted by molar-refractivity contribution is -0.117. The van der Waals surface area contributed by atoms with Crippen LogP contribution in [0.25, 0.3) is 17.4 Å². The van der Waals surface area contributed by atoms with Gasteiger partial charge in [-0.05, 0) is 55.0 Å². The molecule has 166 valence electrons. The number of halogens is 1. The highest BCUT2D eigenvalue weighted by Crippen LogP contribution is 2.25. The second-order valence-electron chi connectivity index (χ2n) is 6.79. The van der Waals surface area contributed by atoms with Gasteiger partial charge in [0.2, 0.25) is 0 Å². The van der Waals surface area contributed by atoms with Gasteiger partial charge in [0.1, 0.15) is 23.0 Å². The van der Waals surface area contributed by atoms with Crippen LogP contribution in [0.1, 0.15) is 22.5 Å². The smallest absolute Gasteiger partial charge is 0.267 e. The van der Waals surface area contributed by atoms with Crippen molar-refractivity contribution in [3.05, 3.63) is 82.7 Å². The molecule has 0 aliphatic heterocycles. The predicted octanol–water partition coefficient (Wildman–Crippen LogP) is 3.88. The summed E-state index contributed by atoms with van der Waals surface area (Å²) < 4.78 is 10.9. The average Bonchev–Trinajstić information content (AvgIpc) is 3.27. The van der Waals surface area contributed by atoms with Gasteiger partial charge in [0, 0.05) is 35.4 Å². The van der Waals surface area contributed by atoms with Crippen molar-refractivity contribution >= 4 is 29.5 Å². The van der Waals surface area contributed by atoms with Crippen molar-refractivity contribution in [3.8, 4) is 17.1 Å². The van der Waals surface area contributed by atoms with E-state index >= 15 is 0 Å². The Labute approximate surface area is 190 Å². The van der Waals surface area contributed by atoms with Crippen molar-refractivity contribution in [2.75, 3.05) is 20.3 Å². The first kappa shape index (κ1) is 23.1. The minimum atomic E-state index is -0.499. The number of carbonyl (C=O) groups is 2. The summed E-state index contributed by atoms with van der Waals surface area (Å²) >= 11 is 6.04. The van der Waals surface area contributed by atoms with E-state index in [1.807, 2.05) is 12.1 Å². The average molecular weight is 455 g/mol. The molecule has 1 aromatic heterocycles. The van der Waals surface area contributed by atoms with Gasteiger partial charge in [-0.3, -0.25) is 9.59 Å². The van der Waals surface area contributed by atoms with E-state index in [0.717, 1.165) is 5.56 Å². The van der Waals surface area contributed by atoms with Crippen molar-refractivity contribution in [1.82, 2.24) is 10.6 Å². The first-order valence-electron chi connectivity index (χ1n) is 9.92. The monoisotopic (exact) mass is 454 g/mol. The molecule has 0 spiro atoms. The first-order valence-corrected chi connectivity index (χ1v) is 10.3. The summed E-state index contributed by atoms with van der Waals surface area (Å²) in [5.41, 5.74) is 1.16. The Kier molecular flexibility index (Phi) is 8.08. The molecule has 1 heterocycles. The van der Waals surface area contributed by atoms with Crippen LogP contribution in [0.3, 0.4) is 0 Å². The molecular weight excluding hydrogens is 432 g/mol. The SMILES string of the molecule is COc1ccc(C(=O)N/C(=C\c2ccc(-c3cccc(Cl)c3)o2)C(=O)NCCCO)cc1. The van der Waals surface area contributed by atoms with Gasteiger partial charge in [-0.2, -0.15) is 0 Å². The standard InChI is InChI=1S/C24H23ClN2O5/c1-31-19-8-6-16(7-9-19)23(29)27-21(24(30)26-12-3-13-28)15-20-10-11-22(32-20)17-4-2-5-18(25)14-17/h2,4-11,14-15,28H,3,12-13H2,1H3,(H,26,30)(H,27,29)/b21-15-. The number of rotatable bonds is 9. The number of furan rings is 1. The van der Waals surface area contributed by atoms with Crippen molar-refractivity contribution in [3.63, 3.8) is 0 Å². The number of aliphatic hydroxyl groups is 1. The summed E-state index contributed by atoms with van der Waals surface area (Å²) in [6, 6.07) is 17.1. The fraction of sp³-hybridized carbons (Fsp3) is 0.167. The van der Waals surface area contributed by atoms with Crippen LogP contribution < -0.4 is 15.4 Å². The summed E-state index contributed by atoms with van der Waals surface area (Å²) in [5.74, 6) is 0.602. The molecule has 2 aromatic carbocycles. The van der Waals surface area contributed by atoms with Gasteiger partial charge in [-0.1, -0.05) is 23.7 Å². The molecule has 0 aliphatic rings. The van der Waals surface area contributed by atoms with Gasteiger partial charge in [-0.15, -0.1) is 0 Å². The summed E-state index contributed by atoms with van der Waals surface area (Å²) in [4.78, 5) is 25.3. The van der Waals surface area contributed by atoms with Gasteiger partial charge < -0.3 is 24.9 Å². The summed E-state index contributed by atoms with van der Waals surface area (Å²) in [6.45, 7) is 0.204. The number of ether oxygens (including phenoxy) is 1. The minimum absolute atomic E-state index is 0.00996. The number of methoxy groups -OCH3 is 1. The van der Waals surface area contributed by atoms with E-state index < -0.39 is 11.8 Å². The first-order chi connectivity index (χ1) is 15.5. The molecule has 8 heteroatoms. The predicted molar refractivity (Wildman–Crippen MR) is 122 cm³/mol. The largest absolute Gasteiger partial charge is 0.497 e. The molecular formula is C24H23ClN2O5. The molecule has 7 nitrogen and oxygen atoms in total. The maximum absolute atomic E-state index is 12.7. The Morgan fingerprint density at radius 1 is 1.12 bits per heavy atom. The summed E-state index contributed by atoms with van der Waals surface area (Å²) in [7, 11) is 1.54. The lowest BCUT2D eigenvalue weighted by atomic mass is 10.2. The van der Waals surface area contributed by atoms with Crippen LogP contribution in [0.5, 0.6) is 5.75 Å².